The van der Waals surface area contributed by atoms with Crippen LogP contribution in [0.5, 0.6) is 11.5 Å². The van der Waals surface area contributed by atoms with E-state index in [-0.39, 0.29) is 18.2 Å². The molecule has 4 rings (SSSR count). The minimum atomic E-state index is -3.43. The third kappa shape index (κ3) is 5.18. The molecule has 0 aromatic heterocycles. The van der Waals surface area contributed by atoms with Gasteiger partial charge in [-0.25, -0.2) is 8.42 Å². The molecule has 0 unspecified atom stereocenters. The topological polar surface area (TPSA) is 84.9 Å². The summed E-state index contributed by atoms with van der Waals surface area (Å²) < 4.78 is 38.3. The Kier molecular flexibility index (Phi) is 7.38. The van der Waals surface area contributed by atoms with Gasteiger partial charge in [-0.3, -0.25) is 4.79 Å². The number of nitrogens with one attached hydrogen (secondary N) is 1. The van der Waals surface area contributed by atoms with Crippen LogP contribution in [0.25, 0.3) is 10.8 Å². The maximum atomic E-state index is 13.0. The van der Waals surface area contributed by atoms with E-state index in [0.717, 1.165) is 27.6 Å². The SMILES string of the molecule is CCOc1ccc2ccccc2c1C(=O)NCCCS(=O)(=O)N1CCc2cc(OC)ccc2C1. The van der Waals surface area contributed by atoms with E-state index in [1.54, 1.807) is 13.2 Å². The Balaban J connectivity index is 1.37. The number of fused-ring (bicyclic) bond motifs is 2. The predicted molar refractivity (Wildman–Crippen MR) is 133 cm³/mol. The van der Waals surface area contributed by atoms with Crippen molar-refractivity contribution in [1.29, 1.82) is 0 Å². The van der Waals surface area contributed by atoms with Crippen LogP contribution in [0.15, 0.2) is 54.6 Å². The highest BCUT2D eigenvalue weighted by molar-refractivity contribution is 7.89. The van der Waals surface area contributed by atoms with E-state index in [2.05, 4.69) is 5.32 Å². The fourth-order valence-electron chi connectivity index (χ4n) is 4.30. The molecule has 1 heterocycles. The second-order valence-electron chi connectivity index (χ2n) is 8.24. The van der Waals surface area contributed by atoms with E-state index in [4.69, 9.17) is 9.47 Å². The van der Waals surface area contributed by atoms with Crippen LogP contribution in [0.3, 0.4) is 0 Å². The fourth-order valence-corrected chi connectivity index (χ4v) is 5.78. The van der Waals surface area contributed by atoms with Gasteiger partial charge in [-0.2, -0.15) is 4.31 Å². The number of methoxy groups -OCH3 is 1. The Morgan fingerprint density at radius 1 is 1.09 bits per heavy atom. The number of benzene rings is 3. The van der Waals surface area contributed by atoms with Gasteiger partial charge in [0.2, 0.25) is 10.0 Å². The predicted octanol–water partition coefficient (Wildman–Crippen LogP) is 3.76. The van der Waals surface area contributed by atoms with Crippen LogP contribution in [-0.2, 0) is 23.0 Å². The molecular weight excluding hydrogens is 452 g/mol. The first-order valence-corrected chi connectivity index (χ1v) is 13.1. The Hall–Kier alpha value is -3.10. The first-order chi connectivity index (χ1) is 16.4. The second-order valence-corrected chi connectivity index (χ2v) is 10.3. The van der Waals surface area contributed by atoms with E-state index in [9.17, 15) is 13.2 Å². The molecule has 1 amide bonds. The molecule has 0 atom stereocenters. The molecule has 0 radical (unpaired) electrons. The van der Waals surface area contributed by atoms with Crippen LogP contribution >= 0.6 is 0 Å². The Morgan fingerprint density at radius 3 is 2.71 bits per heavy atom. The molecule has 0 saturated carbocycles. The summed E-state index contributed by atoms with van der Waals surface area (Å²) in [7, 11) is -1.81. The number of carbonyl (C=O) groups is 1. The molecule has 1 aliphatic heterocycles. The van der Waals surface area contributed by atoms with Gasteiger partial charge < -0.3 is 14.8 Å². The number of ether oxygens (including phenoxy) is 2. The lowest BCUT2D eigenvalue weighted by Crippen LogP contribution is -2.38. The zero-order chi connectivity index (χ0) is 24.1. The molecule has 0 bridgehead atoms. The van der Waals surface area contributed by atoms with Crippen LogP contribution < -0.4 is 14.8 Å². The van der Waals surface area contributed by atoms with E-state index >= 15 is 0 Å². The van der Waals surface area contributed by atoms with Gasteiger partial charge in [-0.05, 0) is 59.9 Å². The smallest absolute Gasteiger partial charge is 0.255 e. The minimum absolute atomic E-state index is 0.0212. The number of sulfonamides is 1. The zero-order valence-electron chi connectivity index (χ0n) is 19.5. The lowest BCUT2D eigenvalue weighted by Gasteiger charge is -2.28. The lowest BCUT2D eigenvalue weighted by atomic mass is 10.0. The standard InChI is InChI=1S/C26H30N2O5S/c1-3-33-24-12-10-19-7-4-5-8-23(19)25(24)26(29)27-14-6-16-34(30,31)28-15-13-20-17-22(32-2)11-9-21(20)18-28/h4-5,7-12,17H,3,6,13-16,18H2,1-2H3,(H,27,29). The number of amides is 1. The molecule has 1 N–H and O–H groups in total. The number of hydrogen-bond donors (Lipinski definition) is 1. The quantitative estimate of drug-likeness (QED) is 0.470. The molecule has 0 fully saturated rings. The lowest BCUT2D eigenvalue weighted by molar-refractivity contribution is 0.0951. The Labute approximate surface area is 200 Å². The number of hydrogen-bond acceptors (Lipinski definition) is 5. The molecule has 180 valence electrons. The molecule has 0 aliphatic carbocycles. The van der Waals surface area contributed by atoms with Crippen molar-refractivity contribution in [3.05, 3.63) is 71.3 Å². The van der Waals surface area contributed by atoms with Gasteiger partial charge in [-0.15, -0.1) is 0 Å². The molecule has 3 aromatic rings. The number of rotatable bonds is 9. The molecule has 3 aromatic carbocycles. The van der Waals surface area contributed by atoms with Gasteiger partial charge in [0.05, 0.1) is 25.0 Å². The third-order valence-corrected chi connectivity index (χ3v) is 7.97. The monoisotopic (exact) mass is 482 g/mol. The summed E-state index contributed by atoms with van der Waals surface area (Å²) >= 11 is 0. The minimum Gasteiger partial charge on any atom is -0.497 e. The normalized spacial score (nSPS) is 13.9. The second kappa shape index (κ2) is 10.4. The summed E-state index contributed by atoms with van der Waals surface area (Å²) in [5, 5.41) is 4.63. The Morgan fingerprint density at radius 2 is 1.91 bits per heavy atom. The average molecular weight is 483 g/mol. The molecule has 7 nitrogen and oxygen atoms in total. The van der Waals surface area contributed by atoms with E-state index in [1.165, 1.54) is 4.31 Å². The highest BCUT2D eigenvalue weighted by Gasteiger charge is 2.26. The number of carbonyl (C=O) groups excluding carboxylic acids is 1. The van der Waals surface area contributed by atoms with Crippen molar-refractivity contribution in [2.75, 3.05) is 32.6 Å². The summed E-state index contributed by atoms with van der Waals surface area (Å²) in [6, 6.07) is 17.1. The third-order valence-electron chi connectivity index (χ3n) is 6.07. The van der Waals surface area contributed by atoms with Crippen LogP contribution in [0, 0.1) is 0 Å². The van der Waals surface area contributed by atoms with Crippen LogP contribution in [0.2, 0.25) is 0 Å². The summed E-state index contributed by atoms with van der Waals surface area (Å²) in [4.78, 5) is 13.0. The van der Waals surface area contributed by atoms with Gasteiger partial charge in [0, 0.05) is 19.6 Å². The summed E-state index contributed by atoms with van der Waals surface area (Å²) in [6.45, 7) is 3.39. The van der Waals surface area contributed by atoms with Crippen molar-refractivity contribution < 1.29 is 22.7 Å². The van der Waals surface area contributed by atoms with Crippen LogP contribution in [0.1, 0.15) is 34.8 Å². The maximum absolute atomic E-state index is 13.0. The summed E-state index contributed by atoms with van der Waals surface area (Å²) in [5.74, 6) is 1.02. The summed E-state index contributed by atoms with van der Waals surface area (Å²) in [5.41, 5.74) is 2.60. The summed E-state index contributed by atoms with van der Waals surface area (Å²) in [6.07, 6.45) is 0.985. The van der Waals surface area contributed by atoms with Crippen molar-refractivity contribution in [2.45, 2.75) is 26.3 Å². The molecular formula is C26H30N2O5S. The van der Waals surface area contributed by atoms with Gasteiger partial charge in [-0.1, -0.05) is 36.4 Å². The first kappa shape index (κ1) is 24.0. The largest absolute Gasteiger partial charge is 0.497 e. The van der Waals surface area contributed by atoms with E-state index < -0.39 is 10.0 Å². The van der Waals surface area contributed by atoms with Crippen LogP contribution in [-0.4, -0.2) is 51.2 Å². The van der Waals surface area contributed by atoms with Gasteiger partial charge in [0.25, 0.3) is 5.91 Å². The van der Waals surface area contributed by atoms with Crippen molar-refractivity contribution in [2.24, 2.45) is 0 Å². The van der Waals surface area contributed by atoms with Crippen molar-refractivity contribution in [3.8, 4) is 11.5 Å². The van der Waals surface area contributed by atoms with Crippen molar-refractivity contribution in [3.63, 3.8) is 0 Å². The van der Waals surface area contributed by atoms with Crippen molar-refractivity contribution in [1.82, 2.24) is 9.62 Å². The molecule has 0 spiro atoms. The maximum Gasteiger partial charge on any atom is 0.255 e. The van der Waals surface area contributed by atoms with E-state index in [1.807, 2.05) is 55.5 Å². The van der Waals surface area contributed by atoms with E-state index in [0.29, 0.717) is 43.9 Å². The Bertz CT molecular complexity index is 1290. The fraction of sp³-hybridized carbons (Fsp3) is 0.346. The number of nitrogens with zero attached hydrogens (tertiary/aromatic N) is 1. The first-order valence-electron chi connectivity index (χ1n) is 11.5. The van der Waals surface area contributed by atoms with Gasteiger partial charge >= 0.3 is 0 Å². The van der Waals surface area contributed by atoms with Gasteiger partial charge in [0.1, 0.15) is 11.5 Å². The highest BCUT2D eigenvalue weighted by Crippen LogP contribution is 2.28. The average Bonchev–Trinajstić information content (AvgIpc) is 2.85. The highest BCUT2D eigenvalue weighted by atomic mass is 32.2. The molecule has 1 aliphatic rings. The molecule has 34 heavy (non-hydrogen) atoms. The molecule has 0 saturated heterocycles. The van der Waals surface area contributed by atoms with Crippen LogP contribution in [0.4, 0.5) is 0 Å². The van der Waals surface area contributed by atoms with Crippen molar-refractivity contribution >= 4 is 26.7 Å². The zero-order valence-corrected chi connectivity index (χ0v) is 20.4. The van der Waals surface area contributed by atoms with Gasteiger partial charge in [0.15, 0.2) is 0 Å². The molecule has 8 heteroatoms.